The van der Waals surface area contributed by atoms with Crippen LogP contribution in [0.4, 0.5) is 11.4 Å². The molecule has 0 saturated heterocycles. The van der Waals surface area contributed by atoms with Crippen LogP contribution in [0.3, 0.4) is 0 Å². The predicted molar refractivity (Wildman–Crippen MR) is 114 cm³/mol. The highest BCUT2D eigenvalue weighted by Crippen LogP contribution is 2.38. The molecule has 0 radical (unpaired) electrons. The Kier molecular flexibility index (Phi) is 4.85. The van der Waals surface area contributed by atoms with Crippen molar-refractivity contribution in [3.8, 4) is 34.1 Å². The molecule has 0 spiro atoms. The monoisotopic (exact) mass is 368 g/mol. The third-order valence-electron chi connectivity index (χ3n) is 4.29. The van der Waals surface area contributed by atoms with Crippen molar-refractivity contribution in [1.82, 2.24) is 0 Å². The van der Waals surface area contributed by atoms with Crippen LogP contribution in [0.2, 0.25) is 0 Å². The summed E-state index contributed by atoms with van der Waals surface area (Å²) in [6.45, 7) is 0. The standard InChI is InChI=1S/C24H20N2O2/c25-18-10-12-19(13-11-18)27-23-15-14-20(28-24-9-5-4-8-22(24)26)16-21(23)17-6-2-1-3-7-17/h1-16H,25-26H2. The minimum Gasteiger partial charge on any atom is -0.457 e. The molecule has 0 saturated carbocycles. The zero-order chi connectivity index (χ0) is 19.3. The molecule has 4 rings (SSSR count). The maximum atomic E-state index is 6.11. The average molecular weight is 368 g/mol. The van der Waals surface area contributed by atoms with Crippen molar-refractivity contribution in [2.24, 2.45) is 0 Å². The van der Waals surface area contributed by atoms with E-state index in [2.05, 4.69) is 0 Å². The second-order valence-electron chi connectivity index (χ2n) is 6.33. The molecular formula is C24H20N2O2. The molecular weight excluding hydrogens is 348 g/mol. The van der Waals surface area contributed by atoms with Crippen molar-refractivity contribution < 1.29 is 9.47 Å². The van der Waals surface area contributed by atoms with Crippen molar-refractivity contribution >= 4 is 11.4 Å². The minimum absolute atomic E-state index is 0.589. The normalized spacial score (nSPS) is 10.4. The van der Waals surface area contributed by atoms with Crippen LogP contribution in [0.25, 0.3) is 11.1 Å². The van der Waals surface area contributed by atoms with Crippen LogP contribution in [-0.4, -0.2) is 0 Å². The molecule has 0 fully saturated rings. The molecule has 0 bridgehead atoms. The molecule has 4 heteroatoms. The molecule has 4 N–H and O–H groups in total. The van der Waals surface area contributed by atoms with Gasteiger partial charge in [0.1, 0.15) is 23.0 Å². The smallest absolute Gasteiger partial charge is 0.150 e. The van der Waals surface area contributed by atoms with Gasteiger partial charge in [0, 0.05) is 11.3 Å². The van der Waals surface area contributed by atoms with E-state index in [9.17, 15) is 0 Å². The fourth-order valence-electron chi connectivity index (χ4n) is 2.87. The number of benzene rings is 4. The summed E-state index contributed by atoms with van der Waals surface area (Å²) in [5, 5.41) is 0. The average Bonchev–Trinajstić information content (AvgIpc) is 2.73. The molecule has 0 aliphatic carbocycles. The number of ether oxygens (including phenoxy) is 2. The molecule has 0 aliphatic rings. The fraction of sp³-hybridized carbons (Fsp3) is 0. The number of rotatable bonds is 5. The van der Waals surface area contributed by atoms with E-state index < -0.39 is 0 Å². The lowest BCUT2D eigenvalue weighted by Crippen LogP contribution is -1.93. The van der Waals surface area contributed by atoms with Crippen LogP contribution in [0.1, 0.15) is 0 Å². The Hall–Kier alpha value is -3.92. The second kappa shape index (κ2) is 7.76. The zero-order valence-corrected chi connectivity index (χ0v) is 15.2. The summed E-state index contributed by atoms with van der Waals surface area (Å²) < 4.78 is 12.1. The Balaban J connectivity index is 1.71. The van der Waals surface area contributed by atoms with Gasteiger partial charge in [-0.1, -0.05) is 42.5 Å². The molecule has 4 aromatic rings. The fourth-order valence-corrected chi connectivity index (χ4v) is 2.87. The summed E-state index contributed by atoms with van der Waals surface area (Å²) in [5.41, 5.74) is 15.0. The van der Waals surface area contributed by atoms with Gasteiger partial charge in [0.25, 0.3) is 0 Å². The largest absolute Gasteiger partial charge is 0.457 e. The van der Waals surface area contributed by atoms with Crippen LogP contribution in [-0.2, 0) is 0 Å². The summed E-state index contributed by atoms with van der Waals surface area (Å²) in [7, 11) is 0. The highest BCUT2D eigenvalue weighted by atomic mass is 16.5. The number of hydrogen-bond acceptors (Lipinski definition) is 4. The van der Waals surface area contributed by atoms with E-state index in [-0.39, 0.29) is 0 Å². The van der Waals surface area contributed by atoms with Gasteiger partial charge < -0.3 is 20.9 Å². The van der Waals surface area contributed by atoms with Crippen molar-refractivity contribution in [1.29, 1.82) is 0 Å². The van der Waals surface area contributed by atoms with Crippen LogP contribution in [0, 0.1) is 0 Å². The number of nitrogens with two attached hydrogens (primary N) is 2. The van der Waals surface area contributed by atoms with Gasteiger partial charge in [0.05, 0.1) is 5.69 Å². The highest BCUT2D eigenvalue weighted by Gasteiger charge is 2.11. The topological polar surface area (TPSA) is 70.5 Å². The van der Waals surface area contributed by atoms with Gasteiger partial charge >= 0.3 is 0 Å². The van der Waals surface area contributed by atoms with Crippen molar-refractivity contribution in [3.05, 3.63) is 97.1 Å². The van der Waals surface area contributed by atoms with Crippen molar-refractivity contribution in [3.63, 3.8) is 0 Å². The highest BCUT2D eigenvalue weighted by molar-refractivity contribution is 5.73. The van der Waals surface area contributed by atoms with E-state index in [0.29, 0.717) is 28.6 Å². The number of para-hydroxylation sites is 2. The molecule has 28 heavy (non-hydrogen) atoms. The molecule has 4 aromatic carbocycles. The second-order valence-corrected chi connectivity index (χ2v) is 6.33. The first kappa shape index (κ1) is 17.5. The van der Waals surface area contributed by atoms with E-state index in [1.165, 1.54) is 0 Å². The molecule has 4 nitrogen and oxygen atoms in total. The predicted octanol–water partition coefficient (Wildman–Crippen LogP) is 6.10. The van der Waals surface area contributed by atoms with Gasteiger partial charge in [-0.15, -0.1) is 0 Å². The Morgan fingerprint density at radius 2 is 1.18 bits per heavy atom. The summed E-state index contributed by atoms with van der Waals surface area (Å²) in [6.07, 6.45) is 0. The Morgan fingerprint density at radius 1 is 0.536 bits per heavy atom. The lowest BCUT2D eigenvalue weighted by molar-refractivity contribution is 0.472. The van der Waals surface area contributed by atoms with E-state index in [4.69, 9.17) is 20.9 Å². The number of hydrogen-bond donors (Lipinski definition) is 2. The first-order valence-corrected chi connectivity index (χ1v) is 8.94. The van der Waals surface area contributed by atoms with Gasteiger partial charge in [0.2, 0.25) is 0 Å². The Morgan fingerprint density at radius 3 is 1.93 bits per heavy atom. The summed E-state index contributed by atoms with van der Waals surface area (Å²) in [6, 6.07) is 30.5. The van der Waals surface area contributed by atoms with Gasteiger partial charge in [-0.25, -0.2) is 0 Å². The molecule has 0 atom stereocenters. The van der Waals surface area contributed by atoms with Crippen LogP contribution in [0.5, 0.6) is 23.0 Å². The van der Waals surface area contributed by atoms with Crippen LogP contribution in [0.15, 0.2) is 97.1 Å². The first-order chi connectivity index (χ1) is 13.7. The van der Waals surface area contributed by atoms with Crippen molar-refractivity contribution in [2.45, 2.75) is 0 Å². The van der Waals surface area contributed by atoms with Gasteiger partial charge in [-0.3, -0.25) is 0 Å². The Bertz CT molecular complexity index is 1080. The SMILES string of the molecule is Nc1ccc(Oc2ccc(Oc3ccccc3N)cc2-c2ccccc2)cc1. The molecule has 0 aliphatic heterocycles. The van der Waals surface area contributed by atoms with Crippen LogP contribution < -0.4 is 20.9 Å². The molecule has 0 heterocycles. The number of anilines is 2. The van der Waals surface area contributed by atoms with Crippen LogP contribution >= 0.6 is 0 Å². The van der Waals surface area contributed by atoms with Gasteiger partial charge in [-0.2, -0.15) is 0 Å². The Labute approximate surface area is 164 Å². The molecule has 138 valence electrons. The minimum atomic E-state index is 0.589. The first-order valence-electron chi connectivity index (χ1n) is 8.94. The molecule has 0 aromatic heterocycles. The van der Waals surface area contributed by atoms with E-state index >= 15 is 0 Å². The zero-order valence-electron chi connectivity index (χ0n) is 15.2. The van der Waals surface area contributed by atoms with E-state index in [0.717, 1.165) is 16.9 Å². The van der Waals surface area contributed by atoms with E-state index in [1.807, 2.05) is 97.1 Å². The lowest BCUT2D eigenvalue weighted by atomic mass is 10.0. The van der Waals surface area contributed by atoms with Crippen molar-refractivity contribution in [2.75, 3.05) is 11.5 Å². The maximum Gasteiger partial charge on any atom is 0.150 e. The lowest BCUT2D eigenvalue weighted by Gasteiger charge is -2.14. The summed E-state index contributed by atoms with van der Waals surface area (Å²) in [4.78, 5) is 0. The molecule has 0 unspecified atom stereocenters. The summed E-state index contributed by atoms with van der Waals surface area (Å²) >= 11 is 0. The van der Waals surface area contributed by atoms with Gasteiger partial charge in [0.15, 0.2) is 0 Å². The van der Waals surface area contributed by atoms with E-state index in [1.54, 1.807) is 0 Å². The molecule has 0 amide bonds. The third-order valence-corrected chi connectivity index (χ3v) is 4.29. The summed E-state index contributed by atoms with van der Waals surface area (Å²) in [5.74, 6) is 2.74. The number of nitrogen functional groups attached to an aromatic ring is 2. The third kappa shape index (κ3) is 3.91. The van der Waals surface area contributed by atoms with Gasteiger partial charge in [-0.05, 0) is 60.2 Å². The maximum absolute atomic E-state index is 6.11. The quantitative estimate of drug-likeness (QED) is 0.417.